The summed E-state index contributed by atoms with van der Waals surface area (Å²) in [6.07, 6.45) is 0.124. The van der Waals surface area contributed by atoms with Crippen molar-refractivity contribution in [1.29, 1.82) is 0 Å². The zero-order chi connectivity index (χ0) is 27.7. The van der Waals surface area contributed by atoms with E-state index in [-0.39, 0.29) is 37.1 Å². The fourth-order valence-corrected chi connectivity index (χ4v) is 3.07. The number of halogens is 2. The first-order chi connectivity index (χ1) is 17.1. The summed E-state index contributed by atoms with van der Waals surface area (Å²) < 4.78 is 4.91. The van der Waals surface area contributed by atoms with E-state index in [1.165, 1.54) is 4.90 Å². The first-order valence-corrected chi connectivity index (χ1v) is 10.5. The monoisotopic (exact) mass is 534 g/mol. The quantitative estimate of drug-likeness (QED) is 0.535. The lowest BCUT2D eigenvalue weighted by Crippen LogP contribution is -2.30. The number of nitrogens with zero attached hydrogens (tertiary/aromatic N) is 3. The molecular formula is C23H20Cl2N4O7. The fourth-order valence-electron chi connectivity index (χ4n) is 2.63. The van der Waals surface area contributed by atoms with Crippen LogP contribution in [0.15, 0.2) is 36.4 Å². The minimum Gasteiger partial charge on any atom is -0.447 e. The largest absolute Gasteiger partial charge is 0.447 e. The topological polar surface area (TPSA) is 139 Å². The van der Waals surface area contributed by atoms with Crippen LogP contribution in [-0.2, 0) is 23.9 Å². The highest BCUT2D eigenvalue weighted by Gasteiger charge is 2.31. The third-order valence-corrected chi connectivity index (χ3v) is 4.78. The normalized spacial score (nSPS) is 13.7. The Bertz CT molecular complexity index is 1170. The second-order valence-corrected chi connectivity index (χ2v) is 7.53. The van der Waals surface area contributed by atoms with Crippen LogP contribution in [0.3, 0.4) is 0 Å². The Morgan fingerprint density at radius 3 is 1.97 bits per heavy atom. The smallest absolute Gasteiger partial charge is 0.414 e. The van der Waals surface area contributed by atoms with Gasteiger partial charge in [-0.2, -0.15) is 19.2 Å². The van der Waals surface area contributed by atoms with Crippen molar-refractivity contribution in [2.24, 2.45) is 0 Å². The van der Waals surface area contributed by atoms with Crippen molar-refractivity contribution in [3.8, 4) is 0 Å². The number of carbonyl (C=O) groups excluding carboxylic acids is 5. The van der Waals surface area contributed by atoms with Crippen LogP contribution in [0.1, 0.15) is 13.8 Å². The van der Waals surface area contributed by atoms with Gasteiger partial charge in [-0.25, -0.2) is 14.5 Å². The number of nitrogens with one attached hydrogen (secondary N) is 1. The lowest BCUT2D eigenvalue weighted by molar-refractivity contribution is -0.193. The van der Waals surface area contributed by atoms with E-state index in [9.17, 15) is 4.79 Å². The standard InChI is InChI=1S/C11H9ClN2O2.C10H11ClN2O.2CO2/c1-7-6-16-11(15)14(7)8-3-4-10(13-2)9(12)5-8;1-7(6-14)13-8-3-4-10(12-2)9(11)5-8;2*2-1-3/h3-5,7H,6H2,1H3;3-5,7,13-14H,6H2,1H3;;/t2*7-;;/m00../s1. The third-order valence-electron chi connectivity index (χ3n) is 4.17. The number of benzene rings is 2. The lowest BCUT2D eigenvalue weighted by Gasteiger charge is -2.18. The second kappa shape index (κ2) is 17.3. The predicted octanol–water partition coefficient (Wildman–Crippen LogP) is 4.75. The molecule has 0 spiro atoms. The predicted molar refractivity (Wildman–Crippen MR) is 129 cm³/mol. The van der Waals surface area contributed by atoms with Crippen molar-refractivity contribution < 1.29 is 33.8 Å². The third kappa shape index (κ3) is 10.4. The van der Waals surface area contributed by atoms with E-state index >= 15 is 0 Å². The van der Waals surface area contributed by atoms with Crippen LogP contribution < -0.4 is 10.2 Å². The Morgan fingerprint density at radius 1 is 1.08 bits per heavy atom. The van der Waals surface area contributed by atoms with Crippen molar-refractivity contribution >= 4 is 64.3 Å². The van der Waals surface area contributed by atoms with Crippen LogP contribution in [0.2, 0.25) is 10.0 Å². The molecule has 2 aromatic rings. The highest BCUT2D eigenvalue weighted by molar-refractivity contribution is 6.34. The van der Waals surface area contributed by atoms with Gasteiger partial charge in [0.2, 0.25) is 11.4 Å². The second-order valence-electron chi connectivity index (χ2n) is 6.72. The molecule has 36 heavy (non-hydrogen) atoms. The molecule has 0 unspecified atom stereocenters. The molecule has 2 atom stereocenters. The summed E-state index contributed by atoms with van der Waals surface area (Å²) in [5, 5.41) is 12.6. The van der Waals surface area contributed by atoms with E-state index in [4.69, 9.17) is 65.4 Å². The molecule has 0 bridgehead atoms. The van der Waals surface area contributed by atoms with Gasteiger partial charge in [-0.1, -0.05) is 35.3 Å². The van der Waals surface area contributed by atoms with Gasteiger partial charge in [-0.05, 0) is 38.1 Å². The molecule has 188 valence electrons. The highest BCUT2D eigenvalue weighted by Crippen LogP contribution is 2.32. The first kappa shape index (κ1) is 31.8. The van der Waals surface area contributed by atoms with Gasteiger partial charge in [-0.15, -0.1) is 0 Å². The molecule has 11 nitrogen and oxygen atoms in total. The van der Waals surface area contributed by atoms with Crippen molar-refractivity contribution in [1.82, 2.24) is 0 Å². The zero-order valence-electron chi connectivity index (χ0n) is 19.0. The van der Waals surface area contributed by atoms with Gasteiger partial charge < -0.3 is 15.2 Å². The number of anilines is 2. The van der Waals surface area contributed by atoms with Crippen LogP contribution in [-0.4, -0.2) is 48.8 Å². The van der Waals surface area contributed by atoms with Crippen LogP contribution >= 0.6 is 23.2 Å². The Balaban J connectivity index is 0.000000563. The molecule has 0 aliphatic carbocycles. The molecule has 0 saturated carbocycles. The summed E-state index contributed by atoms with van der Waals surface area (Å²) >= 11 is 11.8. The molecule has 0 radical (unpaired) electrons. The maximum Gasteiger partial charge on any atom is 0.414 e. The molecule has 1 aliphatic heterocycles. The van der Waals surface area contributed by atoms with Gasteiger partial charge >= 0.3 is 18.4 Å². The maximum atomic E-state index is 11.5. The van der Waals surface area contributed by atoms with E-state index < -0.39 is 0 Å². The van der Waals surface area contributed by atoms with Crippen molar-refractivity contribution in [2.45, 2.75) is 25.9 Å². The number of aliphatic hydroxyl groups excluding tert-OH is 1. The Hall–Kier alpha value is -4.21. The van der Waals surface area contributed by atoms with Gasteiger partial charge in [-0.3, -0.25) is 4.90 Å². The van der Waals surface area contributed by atoms with E-state index in [2.05, 4.69) is 15.0 Å². The number of hydrogen-bond acceptors (Lipinski definition) is 8. The van der Waals surface area contributed by atoms with Crippen LogP contribution in [0.4, 0.5) is 27.5 Å². The van der Waals surface area contributed by atoms with Crippen molar-refractivity contribution in [3.05, 3.63) is 69.3 Å². The molecule has 1 aliphatic rings. The van der Waals surface area contributed by atoms with Gasteiger partial charge in [0.15, 0.2) is 0 Å². The Morgan fingerprint density at radius 2 is 1.58 bits per heavy atom. The molecular weight excluding hydrogens is 515 g/mol. The Labute approximate surface area is 216 Å². The average Bonchev–Trinajstić information content (AvgIpc) is 3.18. The Kier molecular flexibility index (Phi) is 15.2. The fraction of sp³-hybridized carbons (Fsp3) is 0.261. The van der Waals surface area contributed by atoms with Gasteiger partial charge in [0.05, 0.1) is 25.8 Å². The number of hydrogen-bond donors (Lipinski definition) is 2. The first-order valence-electron chi connectivity index (χ1n) is 9.79. The molecule has 1 saturated heterocycles. The summed E-state index contributed by atoms with van der Waals surface area (Å²) in [4.78, 5) is 52.0. The van der Waals surface area contributed by atoms with E-state index in [0.717, 1.165) is 5.69 Å². The van der Waals surface area contributed by atoms with Crippen LogP contribution in [0, 0.1) is 13.1 Å². The molecule has 13 heteroatoms. The molecule has 2 N–H and O–H groups in total. The number of ether oxygens (including phenoxy) is 1. The molecule has 3 rings (SSSR count). The zero-order valence-corrected chi connectivity index (χ0v) is 20.5. The highest BCUT2D eigenvalue weighted by atomic mass is 35.5. The molecule has 1 amide bonds. The van der Waals surface area contributed by atoms with Crippen LogP contribution in [0.25, 0.3) is 9.69 Å². The minimum absolute atomic E-state index is 0.0117. The number of aliphatic hydroxyl groups is 1. The molecule has 1 fully saturated rings. The van der Waals surface area contributed by atoms with Crippen molar-refractivity contribution in [3.63, 3.8) is 0 Å². The molecule has 2 aromatic carbocycles. The van der Waals surface area contributed by atoms with E-state index in [0.29, 0.717) is 33.7 Å². The van der Waals surface area contributed by atoms with Gasteiger partial charge in [0.1, 0.15) is 6.61 Å². The SMILES string of the molecule is O=C=O.O=C=O.[C-]#[N+]c1ccc(N2C(=O)OC[C@@H]2C)cc1Cl.[C-]#[N+]c1ccc(N[C@@H](C)CO)cc1Cl. The van der Waals surface area contributed by atoms with Crippen molar-refractivity contribution in [2.75, 3.05) is 23.4 Å². The van der Waals surface area contributed by atoms with Gasteiger partial charge in [0.25, 0.3) is 0 Å². The summed E-state index contributed by atoms with van der Waals surface area (Å²) in [6.45, 7) is 17.9. The summed E-state index contributed by atoms with van der Waals surface area (Å²) in [6, 6.07) is 9.98. The molecule has 1 heterocycles. The summed E-state index contributed by atoms with van der Waals surface area (Å²) in [7, 11) is 0. The lowest BCUT2D eigenvalue weighted by atomic mass is 10.2. The molecule has 0 aromatic heterocycles. The number of cyclic esters (lactones) is 1. The number of amides is 1. The van der Waals surface area contributed by atoms with E-state index in [1.807, 2.05) is 13.8 Å². The number of carbonyl (C=O) groups is 1. The number of rotatable bonds is 4. The van der Waals surface area contributed by atoms with Crippen LogP contribution in [0.5, 0.6) is 0 Å². The average molecular weight is 535 g/mol. The summed E-state index contributed by atoms with van der Waals surface area (Å²) in [5.74, 6) is 0. The minimum atomic E-state index is -0.376. The maximum absolute atomic E-state index is 11.5. The van der Waals surface area contributed by atoms with Gasteiger partial charge in [0, 0.05) is 27.5 Å². The van der Waals surface area contributed by atoms with E-state index in [1.54, 1.807) is 36.4 Å². The summed E-state index contributed by atoms with van der Waals surface area (Å²) in [5.41, 5.74) is 2.29.